The summed E-state index contributed by atoms with van der Waals surface area (Å²) in [6, 6.07) is 0. The zero-order chi connectivity index (χ0) is 24.3. The van der Waals surface area contributed by atoms with Gasteiger partial charge in [-0.25, -0.2) is 4.79 Å². The molecule has 0 rings (SSSR count). The average Bonchev–Trinajstić information content (AvgIpc) is 2.76. The van der Waals surface area contributed by atoms with Crippen molar-refractivity contribution in [1.82, 2.24) is 0 Å². The second-order valence-corrected chi connectivity index (χ2v) is 7.57. The van der Waals surface area contributed by atoms with Gasteiger partial charge >= 0.3 is 11.8 Å². The number of esters is 1. The van der Waals surface area contributed by atoms with E-state index in [0.29, 0.717) is 6.42 Å². The molecule has 0 spiro atoms. The molecule has 0 saturated heterocycles. The number of aliphatic carboxylic acids is 1. The minimum Gasteiger partial charge on any atom is -0.544 e. The maximum absolute atomic E-state index is 13.1. The number of carboxylic acid groups (broad SMARTS) is 1. The topological polar surface area (TPSA) is 103 Å². The summed E-state index contributed by atoms with van der Waals surface area (Å²) in [5, 5.41) is 12.1. The highest BCUT2D eigenvalue weighted by Crippen LogP contribution is 2.35. The fourth-order valence-corrected chi connectivity index (χ4v) is 3.63. The van der Waals surface area contributed by atoms with E-state index in [1.54, 1.807) is 27.7 Å². The van der Waals surface area contributed by atoms with Gasteiger partial charge in [0.15, 0.2) is 0 Å². The Morgan fingerprint density at radius 1 is 0.594 bits per heavy atom. The van der Waals surface area contributed by atoms with Crippen molar-refractivity contribution in [2.75, 3.05) is 33.0 Å². The van der Waals surface area contributed by atoms with E-state index in [-0.39, 0.29) is 33.0 Å². The molecule has 0 bridgehead atoms. The molecule has 0 saturated carbocycles. The highest BCUT2D eigenvalue weighted by atomic mass is 16.8. The molecule has 0 atom stereocenters. The normalized spacial score (nSPS) is 12.2. The Kier molecular flexibility index (Phi) is 17.5. The van der Waals surface area contributed by atoms with E-state index >= 15 is 0 Å². The van der Waals surface area contributed by atoms with Gasteiger partial charge in [-0.1, -0.05) is 64.7 Å². The van der Waals surface area contributed by atoms with Gasteiger partial charge in [0, 0.05) is 26.4 Å². The van der Waals surface area contributed by atoms with Crippen LogP contribution in [0, 0.1) is 0 Å². The van der Waals surface area contributed by atoms with Crippen LogP contribution < -0.4 is 5.11 Å². The molecule has 190 valence electrons. The van der Waals surface area contributed by atoms with Crippen LogP contribution in [-0.4, -0.2) is 56.5 Å². The Labute approximate surface area is 194 Å². The first kappa shape index (κ1) is 30.8. The van der Waals surface area contributed by atoms with Crippen molar-refractivity contribution in [3.05, 3.63) is 0 Å². The Morgan fingerprint density at radius 2 is 0.969 bits per heavy atom. The smallest absolute Gasteiger partial charge is 0.373 e. The minimum absolute atomic E-state index is 0.0253. The van der Waals surface area contributed by atoms with Gasteiger partial charge in [0.1, 0.15) is 5.97 Å². The number of hydrogen-bond donors (Lipinski definition) is 0. The summed E-state index contributed by atoms with van der Waals surface area (Å²) >= 11 is 0. The van der Waals surface area contributed by atoms with E-state index in [2.05, 4.69) is 6.92 Å². The molecule has 0 fully saturated rings. The number of ether oxygens (including phenoxy) is 5. The van der Waals surface area contributed by atoms with Crippen molar-refractivity contribution in [2.24, 2.45) is 0 Å². The first-order chi connectivity index (χ1) is 15.4. The van der Waals surface area contributed by atoms with E-state index in [0.717, 1.165) is 19.3 Å². The summed E-state index contributed by atoms with van der Waals surface area (Å²) in [4.78, 5) is 25.2. The average molecular weight is 462 g/mol. The van der Waals surface area contributed by atoms with Crippen molar-refractivity contribution in [3.63, 3.8) is 0 Å². The fourth-order valence-electron chi connectivity index (χ4n) is 3.63. The second-order valence-electron chi connectivity index (χ2n) is 7.57. The number of carboxylic acids is 1. The molecule has 0 aliphatic carbocycles. The van der Waals surface area contributed by atoms with E-state index in [1.807, 2.05) is 0 Å². The van der Waals surface area contributed by atoms with Crippen LogP contribution in [0.15, 0.2) is 0 Å². The summed E-state index contributed by atoms with van der Waals surface area (Å²) in [7, 11) is 0. The van der Waals surface area contributed by atoms with Crippen LogP contribution >= 0.6 is 0 Å². The lowest BCUT2D eigenvalue weighted by Gasteiger charge is -2.45. The number of carbonyl (C=O) groups excluding carboxylic acids is 2. The van der Waals surface area contributed by atoms with Gasteiger partial charge in [0.25, 0.3) is 5.79 Å². The minimum atomic E-state index is -2.59. The van der Waals surface area contributed by atoms with E-state index in [1.165, 1.54) is 38.5 Å². The molecule has 0 aliphatic rings. The van der Waals surface area contributed by atoms with Gasteiger partial charge in [-0.05, 0) is 34.1 Å². The van der Waals surface area contributed by atoms with Gasteiger partial charge in [-0.15, -0.1) is 0 Å². The molecule has 8 heteroatoms. The van der Waals surface area contributed by atoms with E-state index < -0.39 is 23.5 Å². The molecule has 0 aliphatic heterocycles. The van der Waals surface area contributed by atoms with Crippen molar-refractivity contribution in [2.45, 2.75) is 110 Å². The molecular formula is C24H45O8-. The van der Waals surface area contributed by atoms with E-state index in [9.17, 15) is 14.7 Å². The second kappa shape index (κ2) is 18.2. The number of unbranched alkanes of at least 4 members (excludes halogenated alkanes) is 9. The lowest BCUT2D eigenvalue weighted by Crippen LogP contribution is -2.72. The van der Waals surface area contributed by atoms with Crippen LogP contribution in [0.2, 0.25) is 0 Å². The van der Waals surface area contributed by atoms with Crippen LogP contribution in [0.5, 0.6) is 0 Å². The highest BCUT2D eigenvalue weighted by Gasteiger charge is 2.64. The Morgan fingerprint density at radius 3 is 1.34 bits per heavy atom. The molecule has 32 heavy (non-hydrogen) atoms. The first-order valence-electron chi connectivity index (χ1n) is 12.4. The standard InChI is InChI=1S/C24H46O8/c1-6-11-12-13-14-15-16-17-18-19-20-28-22(27)24(31-9-4,32-10-5)23(21(25)26,29-7-2)30-8-3/h6-20H2,1-5H3,(H,25,26)/p-1. The lowest BCUT2D eigenvalue weighted by molar-refractivity contribution is -0.421. The van der Waals surface area contributed by atoms with Gasteiger partial charge in [0.05, 0.1) is 6.61 Å². The summed E-state index contributed by atoms with van der Waals surface area (Å²) in [6.45, 7) is 8.53. The maximum Gasteiger partial charge on any atom is 0.373 e. The zero-order valence-corrected chi connectivity index (χ0v) is 20.9. The van der Waals surface area contributed by atoms with Gasteiger partial charge in [0.2, 0.25) is 0 Å². The molecular weight excluding hydrogens is 416 g/mol. The van der Waals surface area contributed by atoms with Gasteiger partial charge in [-0.3, -0.25) is 0 Å². The molecule has 0 heterocycles. The Hall–Kier alpha value is -1.22. The number of hydrogen-bond acceptors (Lipinski definition) is 8. The predicted molar refractivity (Wildman–Crippen MR) is 120 cm³/mol. The predicted octanol–water partition coefficient (Wildman–Crippen LogP) is 3.74. The zero-order valence-electron chi connectivity index (χ0n) is 20.9. The van der Waals surface area contributed by atoms with Crippen LogP contribution in [0.4, 0.5) is 0 Å². The molecule has 0 radical (unpaired) electrons. The Bertz CT molecular complexity index is 482. The quantitative estimate of drug-likeness (QED) is 0.136. The molecule has 8 nitrogen and oxygen atoms in total. The fraction of sp³-hybridized carbons (Fsp3) is 0.917. The van der Waals surface area contributed by atoms with Crippen LogP contribution in [0.1, 0.15) is 98.8 Å². The molecule has 0 N–H and O–H groups in total. The monoisotopic (exact) mass is 461 g/mol. The van der Waals surface area contributed by atoms with Crippen molar-refractivity contribution < 1.29 is 38.4 Å². The van der Waals surface area contributed by atoms with Gasteiger partial charge < -0.3 is 33.6 Å². The third-order valence-corrected chi connectivity index (χ3v) is 5.09. The van der Waals surface area contributed by atoms with Crippen molar-refractivity contribution >= 4 is 11.9 Å². The third-order valence-electron chi connectivity index (χ3n) is 5.09. The molecule has 0 aromatic rings. The van der Waals surface area contributed by atoms with Crippen LogP contribution in [-0.2, 0) is 33.3 Å². The summed E-state index contributed by atoms with van der Waals surface area (Å²) < 4.78 is 27.3. The van der Waals surface area contributed by atoms with Crippen molar-refractivity contribution in [1.29, 1.82) is 0 Å². The molecule has 0 amide bonds. The highest BCUT2D eigenvalue weighted by molar-refractivity contribution is 5.89. The Balaban J connectivity index is 4.95. The molecule has 0 unspecified atom stereocenters. The van der Waals surface area contributed by atoms with Crippen LogP contribution in [0.25, 0.3) is 0 Å². The number of rotatable bonds is 22. The van der Waals surface area contributed by atoms with E-state index in [4.69, 9.17) is 23.7 Å². The third kappa shape index (κ3) is 9.33. The van der Waals surface area contributed by atoms with Crippen LogP contribution in [0.3, 0.4) is 0 Å². The first-order valence-corrected chi connectivity index (χ1v) is 12.4. The molecule has 0 aromatic carbocycles. The summed E-state index contributed by atoms with van der Waals surface area (Å²) in [6.07, 6.45) is 11.5. The lowest BCUT2D eigenvalue weighted by atomic mass is 10.0. The SMILES string of the molecule is CCCCCCCCCCCCOC(=O)C(OCC)(OCC)C(OCC)(OCC)C(=O)[O-]. The van der Waals surface area contributed by atoms with Crippen molar-refractivity contribution in [3.8, 4) is 0 Å². The largest absolute Gasteiger partial charge is 0.544 e. The number of carbonyl (C=O) groups is 2. The van der Waals surface area contributed by atoms with Gasteiger partial charge in [-0.2, -0.15) is 0 Å². The maximum atomic E-state index is 13.1. The summed E-state index contributed by atoms with van der Waals surface area (Å²) in [5.41, 5.74) is 0. The summed E-state index contributed by atoms with van der Waals surface area (Å²) in [5.74, 6) is -7.78. The molecule has 0 aromatic heterocycles.